The third-order valence-electron chi connectivity index (χ3n) is 3.69. The number of aliphatic carboxylic acids is 1. The summed E-state index contributed by atoms with van der Waals surface area (Å²) in [4.78, 5) is 10.4. The minimum atomic E-state index is -0.876. The second-order valence-electron chi connectivity index (χ2n) is 5.26. The normalized spacial score (nSPS) is 23.9. The van der Waals surface area contributed by atoms with E-state index in [1.807, 2.05) is 30.3 Å². The number of carbonyl (C=O) groups is 1. The lowest BCUT2D eigenvalue weighted by molar-refractivity contribution is -0.132. The highest BCUT2D eigenvalue weighted by Gasteiger charge is 2.25. The zero-order valence-electron chi connectivity index (χ0n) is 11.3. The van der Waals surface area contributed by atoms with E-state index in [0.29, 0.717) is 5.57 Å². The molecule has 2 heteroatoms. The maximum absolute atomic E-state index is 10.4. The Morgan fingerprint density at radius 3 is 2.11 bits per heavy atom. The summed E-state index contributed by atoms with van der Waals surface area (Å²) in [5.74, 6) is 1.11. The fraction of sp³-hybridized carbons (Fsp3) is 0.353. The Labute approximate surface area is 114 Å². The van der Waals surface area contributed by atoms with E-state index in [0.717, 1.165) is 17.4 Å². The molecule has 2 atom stereocenters. The van der Waals surface area contributed by atoms with E-state index in [2.05, 4.69) is 12.2 Å². The summed E-state index contributed by atoms with van der Waals surface area (Å²) < 4.78 is 0. The molecule has 1 fully saturated rings. The van der Waals surface area contributed by atoms with E-state index < -0.39 is 5.97 Å². The van der Waals surface area contributed by atoms with Crippen molar-refractivity contribution in [2.24, 2.45) is 11.8 Å². The minimum absolute atomic E-state index is 0.348. The lowest BCUT2D eigenvalue weighted by atomic mass is 10.1. The summed E-state index contributed by atoms with van der Waals surface area (Å²) >= 11 is 0. The van der Waals surface area contributed by atoms with Crippen LogP contribution in [0.15, 0.2) is 48.1 Å². The highest BCUT2D eigenvalue weighted by Crippen LogP contribution is 2.38. The van der Waals surface area contributed by atoms with E-state index in [-0.39, 0.29) is 0 Å². The third-order valence-corrected chi connectivity index (χ3v) is 3.69. The van der Waals surface area contributed by atoms with Crippen LogP contribution in [0.25, 0.3) is 6.08 Å². The Bertz CT molecular complexity index is 473. The van der Waals surface area contributed by atoms with Crippen molar-refractivity contribution in [3.05, 3.63) is 53.6 Å². The predicted octanol–water partition coefficient (Wildman–Crippen LogP) is 4.15. The summed E-state index contributed by atoms with van der Waals surface area (Å²) in [5, 5.41) is 8.58. The SMILES string of the molecule is C1=CC2CCC1C2.CC(=Cc1ccccc1)C(=O)O. The highest BCUT2D eigenvalue weighted by atomic mass is 16.4. The number of carboxylic acid groups (broad SMARTS) is 1. The molecule has 0 spiro atoms. The van der Waals surface area contributed by atoms with Gasteiger partial charge in [0.1, 0.15) is 0 Å². The first kappa shape index (κ1) is 13.6. The van der Waals surface area contributed by atoms with Crippen LogP contribution in [0.1, 0.15) is 31.7 Å². The monoisotopic (exact) mass is 256 g/mol. The molecule has 1 saturated carbocycles. The highest BCUT2D eigenvalue weighted by molar-refractivity contribution is 5.91. The molecule has 0 heterocycles. The average molecular weight is 256 g/mol. The topological polar surface area (TPSA) is 37.3 Å². The lowest BCUT2D eigenvalue weighted by Gasteiger charge is -1.96. The van der Waals surface area contributed by atoms with Crippen molar-refractivity contribution in [2.75, 3.05) is 0 Å². The minimum Gasteiger partial charge on any atom is -0.478 e. The standard InChI is InChI=1S/C10H10O2.C7H10/c1-8(10(11)12)7-9-5-3-2-4-6-9;1-2-7-4-3-6(1)5-7/h2-7H,1H3,(H,11,12);1-2,6-7H,3-5H2. The smallest absolute Gasteiger partial charge is 0.331 e. The molecule has 3 rings (SSSR count). The Morgan fingerprint density at radius 1 is 1.16 bits per heavy atom. The van der Waals surface area contributed by atoms with Gasteiger partial charge in [-0.05, 0) is 49.7 Å². The molecule has 0 aliphatic heterocycles. The fourth-order valence-electron chi connectivity index (χ4n) is 2.58. The molecular weight excluding hydrogens is 236 g/mol. The quantitative estimate of drug-likeness (QED) is 0.637. The third kappa shape index (κ3) is 4.09. The second kappa shape index (κ2) is 6.37. The zero-order valence-corrected chi connectivity index (χ0v) is 11.3. The van der Waals surface area contributed by atoms with Crippen molar-refractivity contribution in [2.45, 2.75) is 26.2 Å². The van der Waals surface area contributed by atoms with Gasteiger partial charge in [-0.3, -0.25) is 0 Å². The molecule has 2 bridgehead atoms. The Hall–Kier alpha value is -1.83. The predicted molar refractivity (Wildman–Crippen MR) is 77.7 cm³/mol. The van der Waals surface area contributed by atoms with Crippen LogP contribution in [0.3, 0.4) is 0 Å². The molecule has 2 unspecified atom stereocenters. The maximum Gasteiger partial charge on any atom is 0.331 e. The zero-order chi connectivity index (χ0) is 13.7. The number of hydrogen-bond acceptors (Lipinski definition) is 1. The Morgan fingerprint density at radius 2 is 1.74 bits per heavy atom. The van der Waals surface area contributed by atoms with Crippen LogP contribution >= 0.6 is 0 Å². The molecule has 0 saturated heterocycles. The molecule has 100 valence electrons. The second-order valence-corrected chi connectivity index (χ2v) is 5.26. The number of fused-ring (bicyclic) bond motifs is 2. The van der Waals surface area contributed by atoms with Crippen LogP contribution in [0, 0.1) is 11.8 Å². The van der Waals surface area contributed by atoms with Crippen LogP contribution in [-0.4, -0.2) is 11.1 Å². The van der Waals surface area contributed by atoms with Gasteiger partial charge in [0.05, 0.1) is 0 Å². The Kier molecular flexibility index (Phi) is 4.56. The molecule has 1 aromatic carbocycles. The molecule has 2 aliphatic carbocycles. The molecule has 1 N–H and O–H groups in total. The molecule has 1 aromatic rings. The summed E-state index contributed by atoms with van der Waals surface area (Å²) in [6.45, 7) is 1.58. The molecule has 2 nitrogen and oxygen atoms in total. The van der Waals surface area contributed by atoms with Gasteiger partial charge in [-0.25, -0.2) is 4.79 Å². The number of hydrogen-bond donors (Lipinski definition) is 1. The van der Waals surface area contributed by atoms with Gasteiger partial charge in [0.15, 0.2) is 0 Å². The maximum atomic E-state index is 10.4. The van der Waals surface area contributed by atoms with Gasteiger partial charge >= 0.3 is 5.97 Å². The van der Waals surface area contributed by atoms with Crippen LogP contribution in [-0.2, 0) is 4.79 Å². The van der Waals surface area contributed by atoms with Gasteiger partial charge in [-0.2, -0.15) is 0 Å². The molecule has 0 amide bonds. The molecule has 2 aliphatic rings. The lowest BCUT2D eigenvalue weighted by Crippen LogP contribution is -1.95. The largest absolute Gasteiger partial charge is 0.478 e. The van der Waals surface area contributed by atoms with Crippen molar-refractivity contribution in [3.63, 3.8) is 0 Å². The summed E-state index contributed by atoms with van der Waals surface area (Å²) in [6.07, 6.45) is 10.8. The van der Waals surface area contributed by atoms with Crippen molar-refractivity contribution in [3.8, 4) is 0 Å². The van der Waals surface area contributed by atoms with Gasteiger partial charge in [0.2, 0.25) is 0 Å². The first-order valence-electron chi connectivity index (χ1n) is 6.80. The van der Waals surface area contributed by atoms with Gasteiger partial charge in [-0.1, -0.05) is 42.5 Å². The number of allylic oxidation sites excluding steroid dienone is 2. The fourth-order valence-corrected chi connectivity index (χ4v) is 2.58. The van der Waals surface area contributed by atoms with E-state index >= 15 is 0 Å². The van der Waals surface area contributed by atoms with E-state index in [1.54, 1.807) is 13.0 Å². The van der Waals surface area contributed by atoms with Crippen molar-refractivity contribution < 1.29 is 9.90 Å². The van der Waals surface area contributed by atoms with Gasteiger partial charge < -0.3 is 5.11 Å². The molecule has 19 heavy (non-hydrogen) atoms. The van der Waals surface area contributed by atoms with E-state index in [4.69, 9.17) is 5.11 Å². The summed E-state index contributed by atoms with van der Waals surface area (Å²) in [5.41, 5.74) is 1.26. The molecule has 0 aromatic heterocycles. The van der Waals surface area contributed by atoms with Crippen molar-refractivity contribution in [1.29, 1.82) is 0 Å². The van der Waals surface area contributed by atoms with E-state index in [1.165, 1.54) is 19.3 Å². The number of rotatable bonds is 2. The summed E-state index contributed by atoms with van der Waals surface area (Å²) in [7, 11) is 0. The average Bonchev–Trinajstić information content (AvgIpc) is 3.05. The van der Waals surface area contributed by atoms with Crippen molar-refractivity contribution in [1.82, 2.24) is 0 Å². The number of carboxylic acids is 1. The van der Waals surface area contributed by atoms with E-state index in [9.17, 15) is 4.79 Å². The van der Waals surface area contributed by atoms with Crippen LogP contribution in [0.5, 0.6) is 0 Å². The van der Waals surface area contributed by atoms with Crippen LogP contribution in [0.4, 0.5) is 0 Å². The van der Waals surface area contributed by atoms with Gasteiger partial charge in [0, 0.05) is 5.57 Å². The molecule has 0 radical (unpaired) electrons. The first-order valence-corrected chi connectivity index (χ1v) is 6.80. The number of benzene rings is 1. The van der Waals surface area contributed by atoms with Gasteiger partial charge in [-0.15, -0.1) is 0 Å². The van der Waals surface area contributed by atoms with Crippen molar-refractivity contribution >= 4 is 12.0 Å². The van der Waals surface area contributed by atoms with Gasteiger partial charge in [0.25, 0.3) is 0 Å². The first-order chi connectivity index (χ1) is 9.15. The van der Waals surface area contributed by atoms with Crippen LogP contribution in [0.2, 0.25) is 0 Å². The van der Waals surface area contributed by atoms with Crippen LogP contribution < -0.4 is 0 Å². The summed E-state index contributed by atoms with van der Waals surface area (Å²) in [6, 6.07) is 9.38. The Balaban J connectivity index is 0.000000159. The molecular formula is C17H20O2.